The molecule has 14 nitrogen and oxygen atoms in total. The van der Waals surface area contributed by atoms with Gasteiger partial charge in [-0.05, 0) is 57.8 Å². The van der Waals surface area contributed by atoms with Crippen molar-refractivity contribution >= 4 is 57.6 Å². The van der Waals surface area contributed by atoms with Gasteiger partial charge in [-0.25, -0.2) is 0 Å². The fourth-order valence-electron chi connectivity index (χ4n) is 11.4. The van der Waals surface area contributed by atoms with E-state index >= 15 is 0 Å². The summed E-state index contributed by atoms with van der Waals surface area (Å²) in [7, 11) is 0. The van der Waals surface area contributed by atoms with Crippen LogP contribution in [0.5, 0.6) is 0 Å². The number of nitrogens with zero attached hydrogens (tertiary/aromatic N) is 14. The normalized spacial score (nSPS) is 22.1. The van der Waals surface area contributed by atoms with Crippen LogP contribution in [0.25, 0.3) is 54.2 Å². The molecule has 0 atom stereocenters. The Bertz CT molecular complexity index is 1480. The molecular formula is C50H78CoN14S2-6. The average molecular weight is 998 g/mol. The maximum absolute atomic E-state index is 9.19. The standard InChI is InChI=1S/3C12H20N3.C12H18N3.2CNS.Co/c4*13-15-12(10-4-2-1-3-5-10)11-6-8-14-9-7-11;2*2-1-3;/h3*10-11H,1-9H2;6,10H,1-5,7-9H2;;;/q6*-1;. The van der Waals surface area contributed by atoms with Crippen molar-refractivity contribution in [2.45, 2.75) is 173 Å². The van der Waals surface area contributed by atoms with Gasteiger partial charge in [0.15, 0.2) is 0 Å². The Labute approximate surface area is 424 Å². The summed E-state index contributed by atoms with van der Waals surface area (Å²) >= 11 is 7.40. The molecule has 4 aliphatic carbocycles. The summed E-state index contributed by atoms with van der Waals surface area (Å²) in [4.78, 5) is 14.4. The van der Waals surface area contributed by atoms with E-state index < -0.39 is 0 Å². The first-order chi connectivity index (χ1) is 32.5. The first kappa shape index (κ1) is 60.3. The Kier molecular flexibility index (Phi) is 35.1. The first-order valence-electron chi connectivity index (χ1n) is 25.6. The fraction of sp³-hybridized carbons (Fsp3) is 0.840. The van der Waals surface area contributed by atoms with E-state index in [1.54, 1.807) is 0 Å². The summed E-state index contributed by atoms with van der Waals surface area (Å²) in [6.45, 7) is 7.41. The molecule has 0 aromatic carbocycles. The smallest absolute Gasteiger partial charge is 0.297 e. The second-order valence-electron chi connectivity index (χ2n) is 19.0. The van der Waals surface area contributed by atoms with Crippen LogP contribution >= 0.6 is 24.4 Å². The van der Waals surface area contributed by atoms with E-state index in [9.17, 15) is 16.6 Å². The van der Waals surface area contributed by atoms with Gasteiger partial charge in [-0.2, -0.15) is 29.5 Å². The third-order valence-electron chi connectivity index (χ3n) is 14.9. The maximum Gasteiger partial charge on any atom is 0.297 e. The number of thiocarbonyl (C=S) groups is 2. The Morgan fingerprint density at radius 2 is 0.672 bits per heavy atom. The zero-order valence-electron chi connectivity index (χ0n) is 40.3. The van der Waals surface area contributed by atoms with E-state index in [0.29, 0.717) is 41.4 Å². The zero-order chi connectivity index (χ0) is 47.5. The molecule has 0 N–H and O–H groups in total. The second kappa shape index (κ2) is 39.0. The Hall–Kier alpha value is -2.79. The van der Waals surface area contributed by atoms with Crippen LogP contribution in [-0.4, -0.2) is 105 Å². The van der Waals surface area contributed by atoms with Crippen molar-refractivity contribution in [1.29, 1.82) is 0 Å². The van der Waals surface area contributed by atoms with Gasteiger partial charge >= 0.3 is 0 Å². The van der Waals surface area contributed by atoms with E-state index in [-0.39, 0.29) is 16.8 Å². The first-order valence-corrected chi connectivity index (χ1v) is 26.4. The molecule has 4 aliphatic heterocycles. The molecule has 0 aromatic rings. The van der Waals surface area contributed by atoms with Gasteiger partial charge in [0.05, 0.1) is 41.4 Å². The molecule has 375 valence electrons. The molecule has 0 bridgehead atoms. The van der Waals surface area contributed by atoms with Gasteiger partial charge in [0.2, 0.25) is 0 Å². The van der Waals surface area contributed by atoms with Crippen LogP contribution in [-0.2, 0) is 16.8 Å². The summed E-state index contributed by atoms with van der Waals surface area (Å²) < 4.78 is 0. The van der Waals surface area contributed by atoms with Crippen molar-refractivity contribution in [3.05, 3.63) is 65.9 Å². The molecular weight excluding hydrogens is 920 g/mol. The minimum Gasteiger partial charge on any atom is -0.753 e. The van der Waals surface area contributed by atoms with Crippen LogP contribution in [0.3, 0.4) is 0 Å². The summed E-state index contributed by atoms with van der Waals surface area (Å²) in [5.74, 6) is 3.71. The molecule has 17 heteroatoms. The molecule has 4 heterocycles. The Balaban J connectivity index is 0.000000293. The van der Waals surface area contributed by atoms with Gasteiger partial charge in [0.1, 0.15) is 0 Å². The molecule has 8 rings (SSSR count). The van der Waals surface area contributed by atoms with Gasteiger partial charge in [0, 0.05) is 22.4 Å². The summed E-state index contributed by atoms with van der Waals surface area (Å²) in [6.07, 6.45) is 35.2. The van der Waals surface area contributed by atoms with Crippen molar-refractivity contribution in [2.24, 2.45) is 41.4 Å². The Morgan fingerprint density at radius 3 is 0.910 bits per heavy atom. The summed E-state index contributed by atoms with van der Waals surface area (Å²) in [5.41, 5.74) is 42.2. The van der Waals surface area contributed by atoms with Crippen LogP contribution in [0.2, 0.25) is 0 Å². The fourth-order valence-corrected chi connectivity index (χ4v) is 11.4. The number of rotatable bonds is 8. The minimum atomic E-state index is 0. The van der Waals surface area contributed by atoms with Crippen molar-refractivity contribution in [2.75, 3.05) is 52.4 Å². The van der Waals surface area contributed by atoms with Crippen molar-refractivity contribution < 1.29 is 35.9 Å². The van der Waals surface area contributed by atoms with Gasteiger partial charge in [0.25, 0.3) is 22.8 Å². The van der Waals surface area contributed by atoms with Crippen molar-refractivity contribution in [3.8, 4) is 0 Å². The van der Waals surface area contributed by atoms with Crippen LogP contribution in [0.4, 0.5) is 0 Å². The van der Waals surface area contributed by atoms with Crippen molar-refractivity contribution in [1.82, 2.24) is 0 Å². The predicted octanol–water partition coefficient (Wildman–Crippen LogP) is 13.3. The molecule has 3 saturated heterocycles. The topological polar surface area (TPSA) is 247 Å². The molecule has 67 heavy (non-hydrogen) atoms. The van der Waals surface area contributed by atoms with Crippen LogP contribution in [0, 0.1) is 41.4 Å². The zero-order valence-corrected chi connectivity index (χ0v) is 43.0. The number of piperidine rings is 3. The quantitative estimate of drug-likeness (QED) is 0.0996. The largest absolute Gasteiger partial charge is 0.753 e. The molecule has 7 fully saturated rings. The molecule has 1 radical (unpaired) electrons. The van der Waals surface area contributed by atoms with E-state index in [1.165, 1.54) is 144 Å². The second-order valence-corrected chi connectivity index (χ2v) is 19.4. The van der Waals surface area contributed by atoms with Crippen molar-refractivity contribution in [3.63, 3.8) is 0 Å². The van der Waals surface area contributed by atoms with E-state index in [0.717, 1.165) is 120 Å². The maximum atomic E-state index is 9.19. The summed E-state index contributed by atoms with van der Waals surface area (Å²) in [5, 5.41) is 34.3. The van der Waals surface area contributed by atoms with Crippen LogP contribution in [0.1, 0.15) is 173 Å². The Morgan fingerprint density at radius 1 is 0.403 bits per heavy atom. The molecule has 0 amide bonds. The number of hydrogen-bond acceptors (Lipinski definition) is 2. The predicted molar refractivity (Wildman–Crippen MR) is 276 cm³/mol. The van der Waals surface area contributed by atoms with Gasteiger partial charge in [-0.1, -0.05) is 146 Å². The molecule has 4 saturated carbocycles. The van der Waals surface area contributed by atoms with E-state index in [4.69, 9.17) is 16.3 Å². The third kappa shape index (κ3) is 23.1. The van der Waals surface area contributed by atoms with E-state index in [2.05, 4.69) is 70.9 Å². The molecule has 0 unspecified atom stereocenters. The van der Waals surface area contributed by atoms with Crippen LogP contribution in [0.15, 0.2) is 11.6 Å². The van der Waals surface area contributed by atoms with Gasteiger partial charge in [-0.15, -0.1) is 52.4 Å². The SMILES string of the molecule is [Co].[N-]=C=S.[N-]=C=S.[N-]=[N+]=C(C1=CC[N-]CC1)C1CCCCC1.[N-]=[N+]=C(C1CCCCC1)C1CC[N-]CC1.[N-]=[N+]=C(C1CCCCC1)C1CC[N-]CC1.[N-]=[N+]=C(C1CCCCC1)C1CC[N-]CC1. The molecule has 0 aromatic heterocycles. The third-order valence-corrected chi connectivity index (χ3v) is 14.9. The van der Waals surface area contributed by atoms with Gasteiger partial charge in [-0.3, -0.25) is 0 Å². The van der Waals surface area contributed by atoms with E-state index in [1.807, 2.05) is 0 Å². The minimum absolute atomic E-state index is 0. The summed E-state index contributed by atoms with van der Waals surface area (Å²) in [6, 6.07) is 0. The molecule has 8 aliphatic rings. The monoisotopic (exact) mass is 998 g/mol. The average Bonchev–Trinajstić information content (AvgIpc) is 3.39. The number of hydrogen-bond donors (Lipinski definition) is 0. The van der Waals surface area contributed by atoms with Gasteiger partial charge < -0.3 is 54.2 Å². The number of isothiocyanates is 2. The van der Waals surface area contributed by atoms with Crippen LogP contribution < -0.4 is 0 Å². The molecule has 0 spiro atoms.